The van der Waals surface area contributed by atoms with Gasteiger partial charge in [-0.25, -0.2) is 4.98 Å². The van der Waals surface area contributed by atoms with Gasteiger partial charge in [0.25, 0.3) is 4.84 Å². The highest BCUT2D eigenvalue weighted by molar-refractivity contribution is 7.71. The van der Waals surface area contributed by atoms with Gasteiger partial charge >= 0.3 is 0 Å². The number of aromatic nitrogens is 2. The molecular formula is C20H19N3OS2. The zero-order chi connectivity index (χ0) is 17.5. The van der Waals surface area contributed by atoms with Gasteiger partial charge in [0.1, 0.15) is 5.01 Å². The van der Waals surface area contributed by atoms with Crippen molar-refractivity contribution < 1.29 is 4.42 Å². The van der Waals surface area contributed by atoms with Crippen LogP contribution in [0.15, 0.2) is 52.9 Å². The predicted molar refractivity (Wildman–Crippen MR) is 108 cm³/mol. The van der Waals surface area contributed by atoms with Crippen molar-refractivity contribution in [1.82, 2.24) is 14.5 Å². The summed E-state index contributed by atoms with van der Waals surface area (Å²) < 4.78 is 9.14. The number of piperidine rings is 1. The van der Waals surface area contributed by atoms with Crippen LogP contribution in [0.25, 0.3) is 21.3 Å². The molecule has 1 atom stereocenters. The predicted octanol–water partition coefficient (Wildman–Crippen LogP) is 5.76. The van der Waals surface area contributed by atoms with Crippen LogP contribution in [0.1, 0.15) is 30.3 Å². The Labute approximate surface area is 160 Å². The Bertz CT molecular complexity index is 1090. The third-order valence-electron chi connectivity index (χ3n) is 5.11. The molecule has 0 saturated carbocycles. The molecule has 1 aliphatic rings. The summed E-state index contributed by atoms with van der Waals surface area (Å²) in [6.07, 6.45) is 3.60. The van der Waals surface area contributed by atoms with Crippen LogP contribution >= 0.6 is 23.6 Å². The number of hydrogen-bond donors (Lipinski definition) is 0. The van der Waals surface area contributed by atoms with E-state index in [-0.39, 0.29) is 0 Å². The quantitative estimate of drug-likeness (QED) is 0.423. The van der Waals surface area contributed by atoms with E-state index in [9.17, 15) is 0 Å². The summed E-state index contributed by atoms with van der Waals surface area (Å²) in [6.45, 7) is 1.80. The molecular weight excluding hydrogens is 362 g/mol. The number of likely N-dealkylation sites (tertiary alicyclic amines) is 1. The number of nitrogens with zero attached hydrogens (tertiary/aromatic N) is 3. The first-order valence-corrected chi connectivity index (χ1v) is 10.2. The van der Waals surface area contributed by atoms with E-state index in [0.29, 0.717) is 10.9 Å². The average molecular weight is 382 g/mol. The lowest BCUT2D eigenvalue weighted by Gasteiger charge is -2.34. The highest BCUT2D eigenvalue weighted by atomic mass is 32.1. The minimum Gasteiger partial charge on any atom is -0.429 e. The Hall–Kier alpha value is -2.02. The topological polar surface area (TPSA) is 34.2 Å². The summed E-state index contributed by atoms with van der Waals surface area (Å²) in [6, 6.07) is 16.8. The monoisotopic (exact) mass is 381 g/mol. The van der Waals surface area contributed by atoms with E-state index < -0.39 is 0 Å². The van der Waals surface area contributed by atoms with Gasteiger partial charge < -0.3 is 4.42 Å². The number of thiazole rings is 1. The Kier molecular flexibility index (Phi) is 4.11. The normalized spacial score (nSPS) is 18.7. The highest BCUT2D eigenvalue weighted by Gasteiger charge is 2.27. The minimum absolute atomic E-state index is 0.344. The van der Waals surface area contributed by atoms with Gasteiger partial charge in [0.15, 0.2) is 5.58 Å². The van der Waals surface area contributed by atoms with Crippen LogP contribution in [-0.2, 0) is 6.67 Å². The Morgan fingerprint density at radius 1 is 1.12 bits per heavy atom. The van der Waals surface area contributed by atoms with Crippen molar-refractivity contribution in [2.75, 3.05) is 6.54 Å². The molecule has 0 N–H and O–H groups in total. The van der Waals surface area contributed by atoms with E-state index in [1.54, 1.807) is 0 Å². The highest BCUT2D eigenvalue weighted by Crippen LogP contribution is 2.36. The van der Waals surface area contributed by atoms with Crippen molar-refractivity contribution in [1.29, 1.82) is 0 Å². The molecule has 4 nitrogen and oxygen atoms in total. The van der Waals surface area contributed by atoms with Crippen LogP contribution in [0.2, 0.25) is 0 Å². The number of oxazole rings is 1. The third kappa shape index (κ3) is 2.78. The molecule has 1 aliphatic heterocycles. The van der Waals surface area contributed by atoms with Gasteiger partial charge in [-0.05, 0) is 49.3 Å². The number of rotatable bonds is 3. The van der Waals surface area contributed by atoms with Crippen LogP contribution in [0, 0.1) is 4.84 Å². The zero-order valence-corrected chi connectivity index (χ0v) is 15.9. The molecule has 1 fully saturated rings. The van der Waals surface area contributed by atoms with Crippen molar-refractivity contribution in [3.05, 3.63) is 58.4 Å². The smallest absolute Gasteiger partial charge is 0.270 e. The fourth-order valence-corrected chi connectivity index (χ4v) is 5.19. The maximum atomic E-state index is 5.77. The molecule has 6 heteroatoms. The van der Waals surface area contributed by atoms with Crippen molar-refractivity contribution in [3.8, 4) is 0 Å². The van der Waals surface area contributed by atoms with E-state index in [4.69, 9.17) is 21.6 Å². The Balaban J connectivity index is 1.51. The second-order valence-corrected chi connectivity index (χ2v) is 8.16. The molecule has 0 amide bonds. The van der Waals surface area contributed by atoms with Gasteiger partial charge in [0.2, 0.25) is 0 Å². The summed E-state index contributed by atoms with van der Waals surface area (Å²) in [5.74, 6) is 0. The maximum absolute atomic E-state index is 5.77. The van der Waals surface area contributed by atoms with Gasteiger partial charge in [0.05, 0.1) is 28.4 Å². The minimum atomic E-state index is 0.344. The lowest BCUT2D eigenvalue weighted by molar-refractivity contribution is 0.110. The Morgan fingerprint density at radius 2 is 1.96 bits per heavy atom. The van der Waals surface area contributed by atoms with Crippen molar-refractivity contribution in [3.63, 3.8) is 0 Å². The molecule has 0 aliphatic carbocycles. The van der Waals surface area contributed by atoms with Crippen LogP contribution in [0.3, 0.4) is 0 Å². The molecule has 2 aromatic heterocycles. The average Bonchev–Trinajstić information content (AvgIpc) is 3.23. The molecule has 0 bridgehead atoms. The third-order valence-corrected chi connectivity index (χ3v) is 6.55. The first-order chi connectivity index (χ1) is 12.8. The molecule has 5 rings (SSSR count). The molecule has 3 heterocycles. The molecule has 132 valence electrons. The van der Waals surface area contributed by atoms with E-state index in [0.717, 1.165) is 36.3 Å². The molecule has 1 saturated heterocycles. The number of benzene rings is 2. The van der Waals surface area contributed by atoms with Gasteiger partial charge in [0, 0.05) is 6.54 Å². The van der Waals surface area contributed by atoms with Crippen molar-refractivity contribution in [2.45, 2.75) is 32.0 Å². The van der Waals surface area contributed by atoms with E-state index in [1.165, 1.54) is 22.5 Å². The molecule has 0 radical (unpaired) electrons. The SMILES string of the molecule is S=c1oc2ccccc2n1CN1CCCCC1c1nc2ccccc2s1. The molecule has 2 aromatic carbocycles. The molecule has 4 aromatic rings. The fourth-order valence-electron chi connectivity index (χ4n) is 3.80. The van der Waals surface area contributed by atoms with Crippen LogP contribution in [0.5, 0.6) is 0 Å². The van der Waals surface area contributed by atoms with Gasteiger partial charge in [-0.2, -0.15) is 0 Å². The van der Waals surface area contributed by atoms with Crippen LogP contribution in [0.4, 0.5) is 0 Å². The van der Waals surface area contributed by atoms with Gasteiger partial charge in [-0.1, -0.05) is 30.7 Å². The van der Waals surface area contributed by atoms with Crippen LogP contribution < -0.4 is 0 Å². The maximum Gasteiger partial charge on any atom is 0.270 e. The summed E-state index contributed by atoms with van der Waals surface area (Å²) in [5, 5.41) is 1.21. The zero-order valence-electron chi connectivity index (χ0n) is 14.3. The summed E-state index contributed by atoms with van der Waals surface area (Å²) in [5.41, 5.74) is 3.01. The van der Waals surface area contributed by atoms with Gasteiger partial charge in [-0.3, -0.25) is 9.47 Å². The van der Waals surface area contributed by atoms with E-state index in [2.05, 4.69) is 39.8 Å². The summed E-state index contributed by atoms with van der Waals surface area (Å²) in [4.78, 5) is 7.96. The summed E-state index contributed by atoms with van der Waals surface area (Å²) >= 11 is 7.30. The van der Waals surface area contributed by atoms with E-state index >= 15 is 0 Å². The Morgan fingerprint density at radius 3 is 2.88 bits per heavy atom. The van der Waals surface area contributed by atoms with Gasteiger partial charge in [-0.15, -0.1) is 11.3 Å². The number of fused-ring (bicyclic) bond motifs is 2. The van der Waals surface area contributed by atoms with Crippen molar-refractivity contribution in [2.24, 2.45) is 0 Å². The largest absolute Gasteiger partial charge is 0.429 e. The first-order valence-electron chi connectivity index (χ1n) is 8.97. The molecule has 1 unspecified atom stereocenters. The first kappa shape index (κ1) is 16.2. The lowest BCUT2D eigenvalue weighted by Crippen LogP contribution is -2.34. The van der Waals surface area contributed by atoms with E-state index in [1.807, 2.05) is 29.5 Å². The van der Waals surface area contributed by atoms with Crippen molar-refractivity contribution >= 4 is 44.9 Å². The molecule has 26 heavy (non-hydrogen) atoms. The summed E-state index contributed by atoms with van der Waals surface area (Å²) in [7, 11) is 0. The standard InChI is InChI=1S/C20H19N3OS2/c25-20-23(15-8-2-3-10-17(15)24-20)13-22-12-6-5-9-16(22)19-21-14-7-1-4-11-18(14)26-19/h1-4,7-8,10-11,16H,5-6,9,12-13H2. The second-order valence-electron chi connectivity index (χ2n) is 6.75. The number of hydrogen-bond acceptors (Lipinski definition) is 5. The second kappa shape index (κ2) is 6.61. The number of para-hydroxylation sites is 3. The fraction of sp³-hybridized carbons (Fsp3) is 0.300. The van der Waals surface area contributed by atoms with Crippen LogP contribution in [-0.4, -0.2) is 21.0 Å². The lowest BCUT2D eigenvalue weighted by atomic mass is 10.0. The molecule has 0 spiro atoms.